The Morgan fingerprint density at radius 2 is 2.06 bits per heavy atom. The normalized spacial score (nSPS) is 10.3. The standard InChI is InChI=1S/C14H15N3O/c1-3-10-5-4-7-16-12(10)13(18)11-9(2)6-8-17-14(11)15/h4-8H,3H2,1-2H3,(H2,15,17). The zero-order valence-electron chi connectivity index (χ0n) is 10.5. The molecule has 0 saturated heterocycles. The van der Waals surface area contributed by atoms with Gasteiger partial charge in [-0.2, -0.15) is 0 Å². The van der Waals surface area contributed by atoms with Crippen LogP contribution in [0, 0.1) is 6.92 Å². The van der Waals surface area contributed by atoms with E-state index in [4.69, 9.17) is 5.73 Å². The molecule has 0 bridgehead atoms. The Balaban J connectivity index is 2.55. The molecule has 0 spiro atoms. The summed E-state index contributed by atoms with van der Waals surface area (Å²) < 4.78 is 0. The smallest absolute Gasteiger partial charge is 0.215 e. The number of rotatable bonds is 3. The van der Waals surface area contributed by atoms with Gasteiger partial charge in [0.1, 0.15) is 11.5 Å². The fourth-order valence-electron chi connectivity index (χ4n) is 1.92. The van der Waals surface area contributed by atoms with E-state index in [1.807, 2.05) is 26.0 Å². The number of hydrogen-bond acceptors (Lipinski definition) is 4. The van der Waals surface area contributed by atoms with Crippen LogP contribution in [0.25, 0.3) is 0 Å². The number of carbonyl (C=O) groups excluding carboxylic acids is 1. The van der Waals surface area contributed by atoms with Gasteiger partial charge in [0, 0.05) is 12.4 Å². The maximum Gasteiger partial charge on any atom is 0.215 e. The minimum absolute atomic E-state index is 0.157. The number of hydrogen-bond donors (Lipinski definition) is 1. The molecule has 18 heavy (non-hydrogen) atoms. The highest BCUT2D eigenvalue weighted by Crippen LogP contribution is 2.19. The number of anilines is 1. The lowest BCUT2D eigenvalue weighted by Crippen LogP contribution is -2.12. The van der Waals surface area contributed by atoms with E-state index < -0.39 is 0 Å². The first-order valence-corrected chi connectivity index (χ1v) is 5.84. The third-order valence-electron chi connectivity index (χ3n) is 2.90. The largest absolute Gasteiger partial charge is 0.383 e. The zero-order valence-corrected chi connectivity index (χ0v) is 10.5. The summed E-state index contributed by atoms with van der Waals surface area (Å²) in [5, 5.41) is 0. The molecule has 0 aliphatic heterocycles. The summed E-state index contributed by atoms with van der Waals surface area (Å²) in [6.45, 7) is 3.84. The molecular formula is C14H15N3O. The van der Waals surface area contributed by atoms with Crippen molar-refractivity contribution in [3.8, 4) is 0 Å². The van der Waals surface area contributed by atoms with Gasteiger partial charge >= 0.3 is 0 Å². The maximum atomic E-state index is 12.5. The van der Waals surface area contributed by atoms with Crippen molar-refractivity contribution in [3.63, 3.8) is 0 Å². The molecular weight excluding hydrogens is 226 g/mol. The fourth-order valence-corrected chi connectivity index (χ4v) is 1.92. The molecule has 0 saturated carbocycles. The predicted molar refractivity (Wildman–Crippen MR) is 70.4 cm³/mol. The summed E-state index contributed by atoms with van der Waals surface area (Å²) in [5.74, 6) is 0.100. The van der Waals surface area contributed by atoms with E-state index in [0.717, 1.165) is 17.5 Å². The number of aryl methyl sites for hydroxylation is 2. The van der Waals surface area contributed by atoms with Crippen molar-refractivity contribution in [2.24, 2.45) is 0 Å². The molecule has 2 N–H and O–H groups in total. The van der Waals surface area contributed by atoms with Gasteiger partial charge in [-0.15, -0.1) is 0 Å². The van der Waals surface area contributed by atoms with Crippen molar-refractivity contribution in [1.29, 1.82) is 0 Å². The molecule has 92 valence electrons. The maximum absolute atomic E-state index is 12.5. The van der Waals surface area contributed by atoms with E-state index in [9.17, 15) is 4.79 Å². The lowest BCUT2D eigenvalue weighted by Gasteiger charge is -2.09. The third-order valence-corrected chi connectivity index (χ3v) is 2.90. The van der Waals surface area contributed by atoms with Gasteiger partial charge < -0.3 is 5.73 Å². The average molecular weight is 241 g/mol. The summed E-state index contributed by atoms with van der Waals surface area (Å²) in [7, 11) is 0. The topological polar surface area (TPSA) is 68.9 Å². The van der Waals surface area contributed by atoms with E-state index in [1.54, 1.807) is 18.5 Å². The SMILES string of the molecule is CCc1cccnc1C(=O)c1c(C)ccnc1N. The van der Waals surface area contributed by atoms with Gasteiger partial charge in [-0.25, -0.2) is 4.98 Å². The number of nitrogen functional groups attached to an aromatic ring is 1. The van der Waals surface area contributed by atoms with Gasteiger partial charge in [-0.05, 0) is 36.6 Å². The Kier molecular flexibility index (Phi) is 3.37. The fraction of sp³-hybridized carbons (Fsp3) is 0.214. The second kappa shape index (κ2) is 4.96. The molecule has 0 fully saturated rings. The van der Waals surface area contributed by atoms with E-state index >= 15 is 0 Å². The predicted octanol–water partition coefficient (Wildman–Crippen LogP) is 2.16. The van der Waals surface area contributed by atoms with E-state index in [0.29, 0.717) is 11.3 Å². The van der Waals surface area contributed by atoms with E-state index in [-0.39, 0.29) is 11.6 Å². The molecule has 0 aliphatic rings. The van der Waals surface area contributed by atoms with Crippen molar-refractivity contribution in [3.05, 3.63) is 53.0 Å². The van der Waals surface area contributed by atoms with Crippen LogP contribution in [0.5, 0.6) is 0 Å². The molecule has 0 atom stereocenters. The molecule has 0 unspecified atom stereocenters. The number of aromatic nitrogens is 2. The number of ketones is 1. The van der Waals surface area contributed by atoms with Crippen molar-refractivity contribution in [2.45, 2.75) is 20.3 Å². The van der Waals surface area contributed by atoms with Crippen LogP contribution in [-0.2, 0) is 6.42 Å². The van der Waals surface area contributed by atoms with Gasteiger partial charge in [-0.1, -0.05) is 13.0 Å². The molecule has 2 aromatic rings. The van der Waals surface area contributed by atoms with Crippen LogP contribution in [0.3, 0.4) is 0 Å². The van der Waals surface area contributed by atoms with Crippen molar-refractivity contribution >= 4 is 11.6 Å². The molecule has 4 heteroatoms. The molecule has 0 aliphatic carbocycles. The number of nitrogens with zero attached hydrogens (tertiary/aromatic N) is 2. The molecule has 2 rings (SSSR count). The monoisotopic (exact) mass is 241 g/mol. The van der Waals surface area contributed by atoms with Crippen LogP contribution in [0.1, 0.15) is 34.1 Å². The second-order valence-electron chi connectivity index (χ2n) is 4.08. The van der Waals surface area contributed by atoms with Gasteiger partial charge in [0.2, 0.25) is 5.78 Å². The highest BCUT2D eigenvalue weighted by Gasteiger charge is 2.19. The number of nitrogens with two attached hydrogens (primary N) is 1. The highest BCUT2D eigenvalue weighted by molar-refractivity contribution is 6.12. The van der Waals surface area contributed by atoms with Crippen LogP contribution < -0.4 is 5.73 Å². The summed E-state index contributed by atoms with van der Waals surface area (Å²) in [4.78, 5) is 20.6. The Morgan fingerprint density at radius 3 is 2.72 bits per heavy atom. The van der Waals surface area contributed by atoms with Gasteiger partial charge in [-0.3, -0.25) is 9.78 Å². The van der Waals surface area contributed by atoms with Gasteiger partial charge in [0.25, 0.3) is 0 Å². The zero-order chi connectivity index (χ0) is 13.1. The van der Waals surface area contributed by atoms with Gasteiger partial charge in [0.05, 0.1) is 5.56 Å². The molecule has 0 amide bonds. The number of carbonyl (C=O) groups is 1. The summed E-state index contributed by atoms with van der Waals surface area (Å²) in [5.41, 5.74) is 8.44. The quantitative estimate of drug-likeness (QED) is 0.836. The first kappa shape index (κ1) is 12.2. The first-order chi connectivity index (χ1) is 8.65. The molecule has 0 radical (unpaired) electrons. The molecule has 2 heterocycles. The Bertz CT molecular complexity index is 573. The van der Waals surface area contributed by atoms with Crippen LogP contribution >= 0.6 is 0 Å². The van der Waals surface area contributed by atoms with Gasteiger partial charge in [0.15, 0.2) is 0 Å². The minimum atomic E-state index is -0.157. The lowest BCUT2D eigenvalue weighted by molar-refractivity contribution is 0.103. The van der Waals surface area contributed by atoms with Crippen LogP contribution in [0.2, 0.25) is 0 Å². The Labute approximate surface area is 106 Å². The van der Waals surface area contributed by atoms with Crippen LogP contribution in [-0.4, -0.2) is 15.8 Å². The van der Waals surface area contributed by atoms with Crippen LogP contribution in [0.4, 0.5) is 5.82 Å². The van der Waals surface area contributed by atoms with Crippen LogP contribution in [0.15, 0.2) is 30.6 Å². The number of pyridine rings is 2. The summed E-state index contributed by atoms with van der Waals surface area (Å²) in [6.07, 6.45) is 3.98. The molecule has 4 nitrogen and oxygen atoms in total. The van der Waals surface area contributed by atoms with Crippen molar-refractivity contribution < 1.29 is 4.79 Å². The summed E-state index contributed by atoms with van der Waals surface area (Å²) >= 11 is 0. The molecule has 0 aromatic carbocycles. The third kappa shape index (κ3) is 2.09. The second-order valence-corrected chi connectivity index (χ2v) is 4.08. The van der Waals surface area contributed by atoms with E-state index in [1.165, 1.54) is 0 Å². The molecule has 2 aromatic heterocycles. The summed E-state index contributed by atoms with van der Waals surface area (Å²) in [6, 6.07) is 5.51. The average Bonchev–Trinajstić information content (AvgIpc) is 2.38. The first-order valence-electron chi connectivity index (χ1n) is 5.84. The van der Waals surface area contributed by atoms with Crippen molar-refractivity contribution in [1.82, 2.24) is 9.97 Å². The minimum Gasteiger partial charge on any atom is -0.383 e. The highest BCUT2D eigenvalue weighted by atomic mass is 16.1. The Hall–Kier alpha value is -2.23. The lowest BCUT2D eigenvalue weighted by atomic mass is 9.99. The van der Waals surface area contributed by atoms with Crippen molar-refractivity contribution in [2.75, 3.05) is 5.73 Å². The Morgan fingerprint density at radius 1 is 1.28 bits per heavy atom. The van der Waals surface area contributed by atoms with E-state index in [2.05, 4.69) is 9.97 Å².